The Morgan fingerprint density at radius 3 is 2.83 bits per heavy atom. The molecule has 0 radical (unpaired) electrons. The molecule has 0 amide bonds. The number of nitrogens with two attached hydrogens (primary N) is 1. The largest absolute Gasteiger partial charge is 0.325 e. The summed E-state index contributed by atoms with van der Waals surface area (Å²) in [5.74, 6) is 0. The maximum Gasteiger partial charge on any atom is 0.248 e. The minimum absolute atomic E-state index is 0.0624. The predicted octanol–water partition coefficient (Wildman–Crippen LogP) is 2.10. The van der Waals surface area contributed by atoms with Crippen LogP contribution >= 0.6 is 0 Å². The zero-order valence-corrected chi connectivity index (χ0v) is 11.0. The average Bonchev–Trinajstić information content (AvgIpc) is 2.38. The molecule has 18 heavy (non-hydrogen) atoms. The van der Waals surface area contributed by atoms with Crippen LogP contribution in [0.2, 0.25) is 0 Å². The van der Waals surface area contributed by atoms with E-state index < -0.39 is 5.54 Å². The highest BCUT2D eigenvalue weighted by atomic mass is 16.1. The molecule has 1 aromatic rings. The molecule has 2 aliphatic carbocycles. The van der Waals surface area contributed by atoms with E-state index in [2.05, 4.69) is 31.0 Å². The molecule has 3 nitrogen and oxygen atoms in total. The summed E-state index contributed by atoms with van der Waals surface area (Å²) in [5.41, 5.74) is 10.4. The van der Waals surface area contributed by atoms with Crippen LogP contribution in [-0.2, 0) is 11.0 Å². The van der Waals surface area contributed by atoms with Gasteiger partial charge in [0.05, 0.1) is 5.54 Å². The van der Waals surface area contributed by atoms with Gasteiger partial charge in [0.15, 0.2) is 0 Å². The van der Waals surface area contributed by atoms with Crippen LogP contribution in [0.5, 0.6) is 0 Å². The Bertz CT molecular complexity index is 653. The Balaban J connectivity index is 2.44. The summed E-state index contributed by atoms with van der Waals surface area (Å²) in [6, 6.07) is 3.45. The molecule has 0 saturated heterocycles. The van der Waals surface area contributed by atoms with Gasteiger partial charge in [-0.2, -0.15) is 0 Å². The van der Waals surface area contributed by atoms with E-state index in [0.717, 1.165) is 17.7 Å². The summed E-state index contributed by atoms with van der Waals surface area (Å²) in [7, 11) is 0. The van der Waals surface area contributed by atoms with Gasteiger partial charge >= 0.3 is 0 Å². The number of hydrogen-bond acceptors (Lipinski definition) is 2. The number of H-pyrrole nitrogens is 1. The highest BCUT2D eigenvalue weighted by Crippen LogP contribution is 2.56. The van der Waals surface area contributed by atoms with Crippen molar-refractivity contribution in [3.05, 3.63) is 57.0 Å². The van der Waals surface area contributed by atoms with Crippen molar-refractivity contribution in [2.45, 2.75) is 38.1 Å². The number of nitrogens with one attached hydrogen (secondary N) is 1. The first-order chi connectivity index (χ1) is 8.41. The topological polar surface area (TPSA) is 58.9 Å². The molecule has 3 N–H and O–H groups in total. The summed E-state index contributed by atoms with van der Waals surface area (Å²) in [5, 5.41) is 0. The van der Waals surface area contributed by atoms with Crippen LogP contribution in [0.15, 0.2) is 40.2 Å². The molecule has 1 heterocycles. The lowest BCUT2D eigenvalue weighted by molar-refractivity contribution is 0.475. The number of pyridine rings is 1. The molecular formula is C15H18N2O. The van der Waals surface area contributed by atoms with Gasteiger partial charge in [0.25, 0.3) is 0 Å². The van der Waals surface area contributed by atoms with E-state index in [9.17, 15) is 4.79 Å². The standard InChI is InChI=1S/C15H18N2O/c1-4-11-14(3)7-9(2)8-15(11,16)10-5-6-12(18)17-13(10)14/h4-7H,8,16H2,1-3H3,(H,17,18)/t14?,15-/m0/s1. The van der Waals surface area contributed by atoms with E-state index in [1.54, 1.807) is 6.07 Å². The molecular weight excluding hydrogens is 224 g/mol. The first kappa shape index (κ1) is 11.5. The van der Waals surface area contributed by atoms with Crippen molar-refractivity contribution in [2.75, 3.05) is 0 Å². The maximum absolute atomic E-state index is 11.6. The zero-order chi connectivity index (χ0) is 13.1. The summed E-state index contributed by atoms with van der Waals surface area (Å²) in [4.78, 5) is 14.6. The first-order valence-electron chi connectivity index (χ1n) is 6.30. The molecule has 2 atom stereocenters. The lowest BCUT2D eigenvalue weighted by Gasteiger charge is -2.37. The first-order valence-corrected chi connectivity index (χ1v) is 6.30. The van der Waals surface area contributed by atoms with Gasteiger partial charge in [0.1, 0.15) is 0 Å². The van der Waals surface area contributed by atoms with Crippen LogP contribution in [0, 0.1) is 0 Å². The molecule has 0 saturated carbocycles. The van der Waals surface area contributed by atoms with Crippen molar-refractivity contribution in [2.24, 2.45) is 5.73 Å². The fraction of sp³-hybridized carbons (Fsp3) is 0.400. The summed E-state index contributed by atoms with van der Waals surface area (Å²) >= 11 is 0. The Morgan fingerprint density at radius 2 is 2.17 bits per heavy atom. The van der Waals surface area contributed by atoms with Crippen LogP contribution in [0.25, 0.3) is 0 Å². The number of aromatic nitrogens is 1. The molecule has 0 aliphatic heterocycles. The van der Waals surface area contributed by atoms with Crippen LogP contribution in [0.1, 0.15) is 38.4 Å². The minimum atomic E-state index is -0.456. The second kappa shape index (κ2) is 3.23. The van der Waals surface area contributed by atoms with Gasteiger partial charge in [0.2, 0.25) is 5.56 Å². The van der Waals surface area contributed by atoms with Crippen molar-refractivity contribution in [3.63, 3.8) is 0 Å². The van der Waals surface area contributed by atoms with Gasteiger partial charge in [-0.1, -0.05) is 17.7 Å². The highest BCUT2D eigenvalue weighted by Gasteiger charge is 2.54. The molecule has 1 unspecified atom stereocenters. The van der Waals surface area contributed by atoms with Gasteiger partial charge < -0.3 is 10.7 Å². The second-order valence-electron chi connectivity index (χ2n) is 5.65. The smallest absolute Gasteiger partial charge is 0.248 e. The van der Waals surface area contributed by atoms with E-state index in [1.807, 2.05) is 13.0 Å². The quantitative estimate of drug-likeness (QED) is 0.684. The van der Waals surface area contributed by atoms with Crippen LogP contribution in [-0.4, -0.2) is 4.98 Å². The van der Waals surface area contributed by atoms with E-state index in [4.69, 9.17) is 5.73 Å². The monoisotopic (exact) mass is 242 g/mol. The van der Waals surface area contributed by atoms with Crippen LogP contribution in [0.3, 0.4) is 0 Å². The summed E-state index contributed by atoms with van der Waals surface area (Å²) < 4.78 is 0. The van der Waals surface area contributed by atoms with E-state index in [0.29, 0.717) is 0 Å². The lowest BCUT2D eigenvalue weighted by atomic mass is 9.70. The minimum Gasteiger partial charge on any atom is -0.325 e. The van der Waals surface area contributed by atoms with Gasteiger partial charge in [-0.15, -0.1) is 0 Å². The predicted molar refractivity (Wildman–Crippen MR) is 72.4 cm³/mol. The Kier molecular flexibility index (Phi) is 2.06. The molecule has 94 valence electrons. The van der Waals surface area contributed by atoms with E-state index >= 15 is 0 Å². The third-order valence-corrected chi connectivity index (χ3v) is 4.34. The number of rotatable bonds is 0. The Hall–Kier alpha value is -1.61. The molecule has 3 heteroatoms. The van der Waals surface area contributed by atoms with Crippen LogP contribution in [0.4, 0.5) is 0 Å². The summed E-state index contributed by atoms with van der Waals surface area (Å²) in [6.45, 7) is 6.26. The zero-order valence-electron chi connectivity index (χ0n) is 11.0. The van der Waals surface area contributed by atoms with Crippen molar-refractivity contribution in [3.8, 4) is 0 Å². The van der Waals surface area contributed by atoms with Gasteiger partial charge in [0, 0.05) is 17.2 Å². The Labute approximate surface area is 106 Å². The molecule has 1 aromatic heterocycles. The number of allylic oxidation sites excluding steroid dienone is 2. The SMILES string of the molecule is CC=C1C2(C)C=C(C)C[C@]1(N)c1ccc(=O)[nH]c12. The molecule has 2 aliphatic rings. The van der Waals surface area contributed by atoms with E-state index in [1.165, 1.54) is 11.1 Å². The molecule has 0 aromatic carbocycles. The average molecular weight is 242 g/mol. The fourth-order valence-corrected chi connectivity index (χ4v) is 3.88. The molecule has 2 bridgehead atoms. The van der Waals surface area contributed by atoms with Crippen molar-refractivity contribution in [1.82, 2.24) is 4.98 Å². The third-order valence-electron chi connectivity index (χ3n) is 4.34. The molecule has 3 rings (SSSR count). The van der Waals surface area contributed by atoms with Gasteiger partial charge in [-0.3, -0.25) is 4.79 Å². The lowest BCUT2D eigenvalue weighted by Crippen LogP contribution is -2.41. The van der Waals surface area contributed by atoms with Gasteiger partial charge in [-0.05, 0) is 44.4 Å². The molecule has 0 fully saturated rings. The van der Waals surface area contributed by atoms with Crippen molar-refractivity contribution < 1.29 is 0 Å². The normalized spacial score (nSPS) is 35.6. The van der Waals surface area contributed by atoms with Crippen LogP contribution < -0.4 is 11.3 Å². The summed E-state index contributed by atoms with van der Waals surface area (Å²) in [6.07, 6.45) is 5.15. The second-order valence-corrected chi connectivity index (χ2v) is 5.65. The number of fused-ring (bicyclic) bond motifs is 5. The Morgan fingerprint density at radius 1 is 1.44 bits per heavy atom. The van der Waals surface area contributed by atoms with Crippen molar-refractivity contribution in [1.29, 1.82) is 0 Å². The van der Waals surface area contributed by atoms with Gasteiger partial charge in [-0.25, -0.2) is 0 Å². The molecule has 0 spiro atoms. The van der Waals surface area contributed by atoms with Crippen molar-refractivity contribution >= 4 is 0 Å². The maximum atomic E-state index is 11.6. The van der Waals surface area contributed by atoms with E-state index in [-0.39, 0.29) is 11.0 Å². The number of aromatic amines is 1. The number of hydrogen-bond donors (Lipinski definition) is 2. The highest BCUT2D eigenvalue weighted by molar-refractivity contribution is 5.61. The fourth-order valence-electron chi connectivity index (χ4n) is 3.88. The third kappa shape index (κ3) is 1.15.